The molecule has 0 saturated heterocycles. The second-order valence-corrected chi connectivity index (χ2v) is 9.78. The molecule has 0 bridgehead atoms. The molecule has 1 aromatic heterocycles. The Morgan fingerprint density at radius 3 is 2.49 bits per heavy atom. The van der Waals surface area contributed by atoms with Crippen LogP contribution in [0.2, 0.25) is 0 Å². The number of primary amides is 1. The van der Waals surface area contributed by atoms with Crippen LogP contribution in [-0.4, -0.2) is 42.0 Å². The molecular formula is C31H29N3O7. The van der Waals surface area contributed by atoms with Crippen molar-refractivity contribution in [3.63, 3.8) is 0 Å². The molecule has 0 aliphatic carbocycles. The van der Waals surface area contributed by atoms with E-state index in [-0.39, 0.29) is 31.6 Å². The molecule has 10 nitrogen and oxygen atoms in total. The van der Waals surface area contributed by atoms with Crippen LogP contribution in [0.4, 0.5) is 4.79 Å². The lowest BCUT2D eigenvalue weighted by molar-refractivity contribution is -0.131. The second kappa shape index (κ2) is 12.0. The molecule has 0 unspecified atom stereocenters. The van der Waals surface area contributed by atoms with Gasteiger partial charge in [-0.05, 0) is 34.4 Å². The van der Waals surface area contributed by atoms with E-state index in [4.69, 9.17) is 19.6 Å². The lowest BCUT2D eigenvalue weighted by Crippen LogP contribution is -2.56. The molecule has 3 aromatic carbocycles. The Labute approximate surface area is 235 Å². The summed E-state index contributed by atoms with van der Waals surface area (Å²) in [5, 5.41) is 3.28. The molecule has 0 saturated carbocycles. The summed E-state index contributed by atoms with van der Waals surface area (Å²) in [6.07, 6.45) is -0.484. The molecule has 5 rings (SSSR count). The maximum Gasteiger partial charge on any atom is 0.411 e. The van der Waals surface area contributed by atoms with Crippen LogP contribution in [0.25, 0.3) is 11.0 Å². The Morgan fingerprint density at radius 1 is 1.02 bits per heavy atom. The van der Waals surface area contributed by atoms with Crippen molar-refractivity contribution in [2.75, 3.05) is 7.11 Å². The van der Waals surface area contributed by atoms with Gasteiger partial charge in [0.25, 0.3) is 0 Å². The van der Waals surface area contributed by atoms with E-state index in [9.17, 15) is 19.2 Å². The zero-order valence-corrected chi connectivity index (χ0v) is 22.4. The van der Waals surface area contributed by atoms with Crippen molar-refractivity contribution in [3.8, 4) is 5.75 Å². The van der Waals surface area contributed by atoms with Gasteiger partial charge in [-0.15, -0.1) is 0 Å². The normalized spacial score (nSPS) is 15.0. The van der Waals surface area contributed by atoms with E-state index in [0.717, 1.165) is 16.7 Å². The van der Waals surface area contributed by atoms with E-state index in [1.807, 2.05) is 54.6 Å². The molecule has 210 valence electrons. The maximum absolute atomic E-state index is 13.7. The highest BCUT2D eigenvalue weighted by Gasteiger charge is 2.37. The first kappa shape index (κ1) is 27.4. The van der Waals surface area contributed by atoms with Crippen LogP contribution in [0.1, 0.15) is 22.3 Å². The van der Waals surface area contributed by atoms with Crippen LogP contribution in [-0.2, 0) is 40.3 Å². The predicted molar refractivity (Wildman–Crippen MR) is 150 cm³/mol. The number of rotatable bonds is 8. The van der Waals surface area contributed by atoms with E-state index in [2.05, 4.69) is 5.32 Å². The zero-order valence-electron chi connectivity index (χ0n) is 22.4. The summed E-state index contributed by atoms with van der Waals surface area (Å²) < 4.78 is 16.0. The van der Waals surface area contributed by atoms with Crippen molar-refractivity contribution >= 4 is 28.9 Å². The van der Waals surface area contributed by atoms with E-state index >= 15 is 0 Å². The summed E-state index contributed by atoms with van der Waals surface area (Å²) in [4.78, 5) is 53.0. The number of fused-ring (bicyclic) bond motifs is 2. The smallest absolute Gasteiger partial charge is 0.411 e. The Hall–Kier alpha value is -5.12. The van der Waals surface area contributed by atoms with Crippen LogP contribution in [0.3, 0.4) is 0 Å². The van der Waals surface area contributed by atoms with Gasteiger partial charge < -0.3 is 24.9 Å². The first-order valence-corrected chi connectivity index (χ1v) is 13.1. The number of benzene rings is 3. The topological polar surface area (TPSA) is 141 Å². The molecule has 0 spiro atoms. The van der Waals surface area contributed by atoms with Crippen LogP contribution >= 0.6 is 0 Å². The van der Waals surface area contributed by atoms with Crippen molar-refractivity contribution in [2.24, 2.45) is 5.73 Å². The molecule has 3 amide bonds. The highest BCUT2D eigenvalue weighted by Crippen LogP contribution is 2.26. The molecule has 2 heterocycles. The largest absolute Gasteiger partial charge is 0.497 e. The van der Waals surface area contributed by atoms with Gasteiger partial charge in [-0.25, -0.2) is 9.59 Å². The average molecular weight is 556 g/mol. The number of nitrogens with zero attached hydrogens (tertiary/aromatic N) is 1. The predicted octanol–water partition coefficient (Wildman–Crippen LogP) is 3.08. The van der Waals surface area contributed by atoms with Crippen LogP contribution < -0.4 is 21.4 Å². The number of amides is 3. The first-order chi connectivity index (χ1) is 19.8. The second-order valence-electron chi connectivity index (χ2n) is 9.78. The number of ether oxygens (including phenoxy) is 2. The van der Waals surface area contributed by atoms with Crippen LogP contribution in [0, 0.1) is 0 Å². The minimum atomic E-state index is -1.16. The van der Waals surface area contributed by atoms with Gasteiger partial charge in [-0.1, -0.05) is 54.6 Å². The Bertz CT molecular complexity index is 1650. The molecule has 2 atom stereocenters. The fourth-order valence-corrected chi connectivity index (χ4v) is 4.97. The van der Waals surface area contributed by atoms with Gasteiger partial charge in [0.1, 0.15) is 30.0 Å². The molecule has 1 aliphatic heterocycles. The Balaban J connectivity index is 1.38. The third kappa shape index (κ3) is 6.22. The lowest BCUT2D eigenvalue weighted by atomic mass is 9.93. The van der Waals surface area contributed by atoms with Gasteiger partial charge in [0, 0.05) is 30.4 Å². The van der Waals surface area contributed by atoms with Crippen molar-refractivity contribution < 1.29 is 28.3 Å². The minimum Gasteiger partial charge on any atom is -0.497 e. The number of carbonyl (C=O) groups excluding carboxylic acids is 3. The Morgan fingerprint density at radius 2 is 1.76 bits per heavy atom. The molecular weight excluding hydrogens is 526 g/mol. The summed E-state index contributed by atoms with van der Waals surface area (Å²) in [5.41, 5.74) is 8.44. The summed E-state index contributed by atoms with van der Waals surface area (Å²) in [6.45, 7) is 0.208. The summed E-state index contributed by atoms with van der Waals surface area (Å²) in [6, 6.07) is 20.9. The third-order valence-electron chi connectivity index (χ3n) is 7.11. The van der Waals surface area contributed by atoms with E-state index < -0.39 is 35.6 Å². The number of nitrogens with two attached hydrogens (primary N) is 1. The lowest BCUT2D eigenvalue weighted by Gasteiger charge is -2.35. The molecule has 1 aliphatic rings. The molecule has 10 heteroatoms. The molecule has 0 fully saturated rings. The average Bonchev–Trinajstić information content (AvgIpc) is 2.98. The summed E-state index contributed by atoms with van der Waals surface area (Å²) in [7, 11) is 1.49. The van der Waals surface area contributed by atoms with Gasteiger partial charge in [0.05, 0.1) is 13.7 Å². The molecule has 0 radical (unpaired) electrons. The standard InChI is InChI=1S/C31H29N3O7/c1-39-23-11-12-24-22(15-28(35)41-27(24)16-23)13-25(29(32)36)33-30(37)26-14-20-9-5-6-10-21(20)17-34(26)31(38)40-18-19-7-3-2-4-8-19/h2-12,15-16,25-26H,13-14,17-18H2,1H3,(H2,32,36)(H,33,37)/t25-,26-/m0/s1. The van der Waals surface area contributed by atoms with E-state index in [1.165, 1.54) is 18.1 Å². The van der Waals surface area contributed by atoms with E-state index in [1.54, 1.807) is 18.2 Å². The SMILES string of the molecule is COc1ccc2c(C[C@H](NC(=O)[C@@H]3Cc4ccccc4CN3C(=O)OCc3ccccc3)C(N)=O)cc(=O)oc2c1. The molecule has 4 aromatic rings. The number of carbonyl (C=O) groups is 3. The monoisotopic (exact) mass is 555 g/mol. The Kier molecular flexibility index (Phi) is 8.00. The number of hydrogen-bond donors (Lipinski definition) is 2. The quantitative estimate of drug-likeness (QED) is 0.318. The zero-order chi connectivity index (χ0) is 28.9. The molecule has 41 heavy (non-hydrogen) atoms. The van der Waals surface area contributed by atoms with Gasteiger partial charge in [-0.2, -0.15) is 0 Å². The van der Waals surface area contributed by atoms with Crippen molar-refractivity contribution in [1.82, 2.24) is 10.2 Å². The van der Waals surface area contributed by atoms with Crippen molar-refractivity contribution in [3.05, 3.63) is 112 Å². The first-order valence-electron chi connectivity index (χ1n) is 13.1. The fraction of sp³-hybridized carbons (Fsp3) is 0.226. The minimum absolute atomic E-state index is 0.0461. The van der Waals surface area contributed by atoms with Gasteiger partial charge in [0.15, 0.2) is 0 Å². The van der Waals surface area contributed by atoms with Gasteiger partial charge in [0.2, 0.25) is 11.8 Å². The summed E-state index contributed by atoms with van der Waals surface area (Å²) in [5.74, 6) is -0.856. The van der Waals surface area contributed by atoms with Crippen molar-refractivity contribution in [1.29, 1.82) is 0 Å². The highest BCUT2D eigenvalue weighted by atomic mass is 16.6. The van der Waals surface area contributed by atoms with Gasteiger partial charge in [-0.3, -0.25) is 14.5 Å². The third-order valence-corrected chi connectivity index (χ3v) is 7.11. The van der Waals surface area contributed by atoms with Gasteiger partial charge >= 0.3 is 11.7 Å². The van der Waals surface area contributed by atoms with Crippen LogP contribution in [0.15, 0.2) is 88.1 Å². The summed E-state index contributed by atoms with van der Waals surface area (Å²) >= 11 is 0. The highest BCUT2D eigenvalue weighted by molar-refractivity contribution is 5.92. The number of methoxy groups -OCH3 is 1. The fourth-order valence-electron chi connectivity index (χ4n) is 4.97. The number of nitrogens with one attached hydrogen (secondary N) is 1. The van der Waals surface area contributed by atoms with Crippen LogP contribution in [0.5, 0.6) is 5.75 Å². The van der Waals surface area contributed by atoms with Crippen molar-refractivity contribution in [2.45, 2.75) is 38.1 Å². The maximum atomic E-state index is 13.7. The molecule has 3 N–H and O–H groups in total. The number of hydrogen-bond acceptors (Lipinski definition) is 7. The van der Waals surface area contributed by atoms with E-state index in [0.29, 0.717) is 16.7 Å².